The van der Waals surface area contributed by atoms with Crippen molar-refractivity contribution in [2.24, 2.45) is 5.14 Å². The molecule has 0 saturated carbocycles. The second kappa shape index (κ2) is 3.93. The molecule has 0 radical (unpaired) electrons. The van der Waals surface area contributed by atoms with Crippen molar-refractivity contribution in [2.75, 3.05) is 0 Å². The number of primary sulfonamides is 1. The lowest BCUT2D eigenvalue weighted by Crippen LogP contribution is -2.13. The maximum absolute atomic E-state index is 11.3. The first-order chi connectivity index (χ1) is 7.50. The van der Waals surface area contributed by atoms with Crippen molar-refractivity contribution < 1.29 is 8.42 Å². The van der Waals surface area contributed by atoms with E-state index in [2.05, 4.69) is 9.59 Å². The van der Waals surface area contributed by atoms with Gasteiger partial charge in [0, 0.05) is 0 Å². The van der Waals surface area contributed by atoms with Crippen LogP contribution in [0.5, 0.6) is 0 Å². The van der Waals surface area contributed by atoms with Crippen LogP contribution in [0.3, 0.4) is 0 Å². The number of aromatic nitrogens is 2. The molecular weight excluding hydrogens is 246 g/mol. The molecule has 0 bridgehead atoms. The van der Waals surface area contributed by atoms with Crippen LogP contribution in [0.25, 0.3) is 10.4 Å². The fourth-order valence-corrected chi connectivity index (χ4v) is 2.88. The van der Waals surface area contributed by atoms with Crippen LogP contribution in [0, 0.1) is 6.92 Å². The molecule has 2 rings (SSSR count). The first-order valence-corrected chi connectivity index (χ1v) is 6.72. The Morgan fingerprint density at radius 1 is 1.38 bits per heavy atom. The van der Waals surface area contributed by atoms with E-state index >= 15 is 0 Å². The van der Waals surface area contributed by atoms with Crippen molar-refractivity contribution in [3.63, 3.8) is 0 Å². The van der Waals surface area contributed by atoms with E-state index in [-0.39, 0.29) is 4.90 Å². The van der Waals surface area contributed by atoms with Gasteiger partial charge in [-0.25, -0.2) is 13.6 Å². The number of rotatable bonds is 2. The summed E-state index contributed by atoms with van der Waals surface area (Å²) in [4.78, 5) is 0.960. The third-order valence-electron chi connectivity index (χ3n) is 2.22. The van der Waals surface area contributed by atoms with Crippen molar-refractivity contribution in [3.8, 4) is 10.4 Å². The van der Waals surface area contributed by atoms with Crippen LogP contribution < -0.4 is 5.14 Å². The van der Waals surface area contributed by atoms with E-state index < -0.39 is 10.0 Å². The molecule has 0 aliphatic heterocycles. The lowest BCUT2D eigenvalue weighted by Gasteiger charge is -2.07. The second-order valence-electron chi connectivity index (χ2n) is 3.26. The fourth-order valence-electron chi connectivity index (χ4n) is 1.48. The quantitative estimate of drug-likeness (QED) is 0.872. The van der Waals surface area contributed by atoms with Crippen molar-refractivity contribution in [1.29, 1.82) is 0 Å². The highest BCUT2D eigenvalue weighted by Gasteiger charge is 2.15. The van der Waals surface area contributed by atoms with Gasteiger partial charge in [-0.15, -0.1) is 5.10 Å². The van der Waals surface area contributed by atoms with Gasteiger partial charge in [0.2, 0.25) is 10.0 Å². The van der Waals surface area contributed by atoms with Gasteiger partial charge in [-0.3, -0.25) is 0 Å². The highest BCUT2D eigenvalue weighted by molar-refractivity contribution is 7.89. The molecule has 7 heteroatoms. The summed E-state index contributed by atoms with van der Waals surface area (Å²) in [5.41, 5.74) is 1.41. The summed E-state index contributed by atoms with van der Waals surface area (Å²) < 4.78 is 26.4. The highest BCUT2D eigenvalue weighted by Crippen LogP contribution is 2.28. The van der Waals surface area contributed by atoms with Crippen molar-refractivity contribution >= 4 is 21.6 Å². The van der Waals surface area contributed by atoms with Crippen LogP contribution in [0.15, 0.2) is 29.3 Å². The lowest BCUT2D eigenvalue weighted by molar-refractivity contribution is 0.597. The molecule has 0 amide bonds. The Morgan fingerprint density at radius 2 is 2.12 bits per heavy atom. The van der Waals surface area contributed by atoms with E-state index in [9.17, 15) is 8.42 Å². The molecular formula is C9H9N3O2S2. The molecule has 0 unspecified atom stereocenters. The molecule has 2 aromatic rings. The highest BCUT2D eigenvalue weighted by atomic mass is 32.2. The molecule has 0 aliphatic rings. The molecule has 5 nitrogen and oxygen atoms in total. The molecule has 1 heterocycles. The Hall–Kier alpha value is -1.31. The molecule has 16 heavy (non-hydrogen) atoms. The minimum Gasteiger partial charge on any atom is -0.225 e. The molecule has 2 N–H and O–H groups in total. The van der Waals surface area contributed by atoms with E-state index in [1.54, 1.807) is 19.2 Å². The Morgan fingerprint density at radius 3 is 2.69 bits per heavy atom. The van der Waals surface area contributed by atoms with Crippen LogP contribution in [-0.2, 0) is 10.0 Å². The third-order valence-corrected chi connectivity index (χ3v) is 3.97. The van der Waals surface area contributed by atoms with Crippen molar-refractivity contribution in [2.45, 2.75) is 11.8 Å². The summed E-state index contributed by atoms with van der Waals surface area (Å²) in [6.07, 6.45) is 1.60. The van der Waals surface area contributed by atoms with E-state index in [0.29, 0.717) is 5.56 Å². The number of nitrogens with two attached hydrogens (primary N) is 1. The summed E-state index contributed by atoms with van der Waals surface area (Å²) in [6.45, 7) is 1.72. The number of hydrogen-bond donors (Lipinski definition) is 1. The molecule has 84 valence electrons. The number of benzene rings is 1. The SMILES string of the molecule is Cc1c(-c2cnns2)cccc1S(N)(=O)=O. The fraction of sp³-hybridized carbons (Fsp3) is 0.111. The maximum atomic E-state index is 11.3. The van der Waals surface area contributed by atoms with Gasteiger partial charge in [0.05, 0.1) is 16.0 Å². The average Bonchev–Trinajstić information content (AvgIpc) is 2.69. The van der Waals surface area contributed by atoms with Gasteiger partial charge in [0.1, 0.15) is 0 Å². The summed E-state index contributed by atoms with van der Waals surface area (Å²) in [6, 6.07) is 4.96. The Kier molecular flexibility index (Phi) is 2.75. The van der Waals surface area contributed by atoms with Crippen LogP contribution in [0.2, 0.25) is 0 Å². The summed E-state index contributed by atoms with van der Waals surface area (Å²) in [5, 5.41) is 8.84. The van der Waals surface area contributed by atoms with Gasteiger partial charge in [-0.1, -0.05) is 16.6 Å². The van der Waals surface area contributed by atoms with Gasteiger partial charge in [0.15, 0.2) is 0 Å². The van der Waals surface area contributed by atoms with Gasteiger partial charge in [-0.05, 0) is 35.6 Å². The van der Waals surface area contributed by atoms with Gasteiger partial charge in [0.25, 0.3) is 0 Å². The standard InChI is InChI=1S/C9H9N3O2S2/c1-6-7(8-5-11-12-15-8)3-2-4-9(6)16(10,13)14/h2-5H,1H3,(H2,10,13,14). The summed E-state index contributed by atoms with van der Waals surface area (Å²) in [7, 11) is -3.68. The zero-order valence-corrected chi connectivity index (χ0v) is 10.0. The zero-order chi connectivity index (χ0) is 11.8. The molecule has 0 atom stereocenters. The van der Waals surface area contributed by atoms with Crippen LogP contribution in [0.1, 0.15) is 5.56 Å². The second-order valence-corrected chi connectivity index (χ2v) is 5.57. The number of hydrogen-bond acceptors (Lipinski definition) is 5. The Labute approximate surface area is 97.1 Å². The molecule has 0 fully saturated rings. The van der Waals surface area contributed by atoms with Crippen molar-refractivity contribution in [3.05, 3.63) is 30.0 Å². The monoisotopic (exact) mass is 255 g/mol. The Balaban J connectivity index is 2.67. The van der Waals surface area contributed by atoms with E-state index in [1.165, 1.54) is 17.6 Å². The van der Waals surface area contributed by atoms with Crippen LogP contribution in [-0.4, -0.2) is 18.0 Å². The normalized spacial score (nSPS) is 11.6. The van der Waals surface area contributed by atoms with E-state index in [0.717, 1.165) is 10.4 Å². The summed E-state index contributed by atoms with van der Waals surface area (Å²) >= 11 is 1.21. The predicted octanol–water partition coefficient (Wildman–Crippen LogP) is 1.16. The minimum atomic E-state index is -3.68. The largest absolute Gasteiger partial charge is 0.238 e. The smallest absolute Gasteiger partial charge is 0.225 e. The minimum absolute atomic E-state index is 0.137. The van der Waals surface area contributed by atoms with Gasteiger partial charge < -0.3 is 0 Å². The summed E-state index contributed by atoms with van der Waals surface area (Å²) in [5.74, 6) is 0. The molecule has 0 aliphatic carbocycles. The van der Waals surface area contributed by atoms with Gasteiger partial charge in [-0.2, -0.15) is 0 Å². The first-order valence-electron chi connectivity index (χ1n) is 4.40. The van der Waals surface area contributed by atoms with E-state index in [4.69, 9.17) is 5.14 Å². The topological polar surface area (TPSA) is 85.9 Å². The lowest BCUT2D eigenvalue weighted by atomic mass is 10.1. The number of sulfonamides is 1. The third kappa shape index (κ3) is 1.97. The van der Waals surface area contributed by atoms with E-state index in [1.807, 2.05) is 6.07 Å². The zero-order valence-electron chi connectivity index (χ0n) is 8.41. The maximum Gasteiger partial charge on any atom is 0.238 e. The van der Waals surface area contributed by atoms with Gasteiger partial charge >= 0.3 is 0 Å². The Bertz CT molecular complexity index is 606. The first kappa shape index (κ1) is 11.2. The molecule has 1 aromatic carbocycles. The number of nitrogens with zero attached hydrogens (tertiary/aromatic N) is 2. The van der Waals surface area contributed by atoms with Crippen LogP contribution in [0.4, 0.5) is 0 Å². The molecule has 0 saturated heterocycles. The van der Waals surface area contributed by atoms with Crippen molar-refractivity contribution in [1.82, 2.24) is 9.59 Å². The average molecular weight is 255 g/mol. The molecule has 0 spiro atoms. The molecule has 1 aromatic heterocycles. The van der Waals surface area contributed by atoms with Crippen LogP contribution >= 0.6 is 11.5 Å². The predicted molar refractivity (Wildman–Crippen MR) is 61.5 cm³/mol.